The van der Waals surface area contributed by atoms with Crippen LogP contribution in [0.25, 0.3) is 11.0 Å². The Hall–Kier alpha value is -1.82. The second-order valence-corrected chi connectivity index (χ2v) is 6.99. The van der Waals surface area contributed by atoms with Crippen molar-refractivity contribution in [2.75, 3.05) is 13.7 Å². The van der Waals surface area contributed by atoms with Gasteiger partial charge in [-0.05, 0) is 18.2 Å². The van der Waals surface area contributed by atoms with Gasteiger partial charge in [0, 0.05) is 46.3 Å². The molecule has 1 aliphatic rings. The standard InChI is InChI=1S/C18H17NO3S.ClH/c1-21-17-10-13(23(20)12-5-3-2-4-6-12)9-14-15-11-19-8-7-16(15)22-18(14)17;/h2-6,9-10,19H,7-8,11H2,1H3;1H. The van der Waals surface area contributed by atoms with Gasteiger partial charge in [0.2, 0.25) is 0 Å². The van der Waals surface area contributed by atoms with Crippen molar-refractivity contribution in [3.8, 4) is 5.75 Å². The maximum Gasteiger partial charge on any atom is 0.176 e. The molecule has 0 radical (unpaired) electrons. The summed E-state index contributed by atoms with van der Waals surface area (Å²) in [5, 5.41) is 4.35. The Morgan fingerprint density at radius 1 is 1.17 bits per heavy atom. The number of ether oxygens (including phenoxy) is 1. The van der Waals surface area contributed by atoms with Crippen LogP contribution in [0, 0.1) is 0 Å². The van der Waals surface area contributed by atoms with E-state index >= 15 is 0 Å². The summed E-state index contributed by atoms with van der Waals surface area (Å²) in [7, 11) is 0.373. The van der Waals surface area contributed by atoms with Crippen molar-refractivity contribution in [3.05, 3.63) is 53.8 Å². The molecule has 1 unspecified atom stereocenters. The zero-order valence-corrected chi connectivity index (χ0v) is 14.8. The molecule has 0 spiro atoms. The van der Waals surface area contributed by atoms with Crippen molar-refractivity contribution < 1.29 is 13.4 Å². The molecular weight excluding hydrogens is 346 g/mol. The Morgan fingerprint density at radius 2 is 1.96 bits per heavy atom. The van der Waals surface area contributed by atoms with E-state index in [0.717, 1.165) is 51.6 Å². The summed E-state index contributed by atoms with van der Waals surface area (Å²) in [6.45, 7) is 1.69. The highest BCUT2D eigenvalue weighted by Crippen LogP contribution is 2.37. The van der Waals surface area contributed by atoms with Gasteiger partial charge in [-0.25, -0.2) is 4.21 Å². The first kappa shape index (κ1) is 17.0. The van der Waals surface area contributed by atoms with Gasteiger partial charge >= 0.3 is 0 Å². The average molecular weight is 364 g/mol. The summed E-state index contributed by atoms with van der Waals surface area (Å²) < 4.78 is 24.3. The summed E-state index contributed by atoms with van der Waals surface area (Å²) in [5.41, 5.74) is 1.89. The molecule has 0 amide bonds. The van der Waals surface area contributed by atoms with Crippen LogP contribution in [-0.2, 0) is 23.8 Å². The molecule has 2 heterocycles. The van der Waals surface area contributed by atoms with E-state index in [1.165, 1.54) is 0 Å². The molecule has 0 saturated carbocycles. The Kier molecular flexibility index (Phi) is 4.94. The summed E-state index contributed by atoms with van der Waals surface area (Å²) in [6, 6.07) is 13.2. The lowest BCUT2D eigenvalue weighted by Gasteiger charge is -2.11. The van der Waals surface area contributed by atoms with Gasteiger partial charge in [-0.3, -0.25) is 0 Å². The number of nitrogens with one attached hydrogen (secondary N) is 1. The minimum absolute atomic E-state index is 0. The van der Waals surface area contributed by atoms with E-state index in [0.29, 0.717) is 5.75 Å². The predicted octanol–water partition coefficient (Wildman–Crippen LogP) is 3.68. The van der Waals surface area contributed by atoms with Crippen LogP contribution in [0.4, 0.5) is 0 Å². The summed E-state index contributed by atoms with van der Waals surface area (Å²) in [4.78, 5) is 1.51. The first-order valence-electron chi connectivity index (χ1n) is 7.58. The molecule has 4 rings (SSSR count). The highest BCUT2D eigenvalue weighted by Gasteiger charge is 2.22. The third-order valence-electron chi connectivity index (χ3n) is 4.14. The van der Waals surface area contributed by atoms with Gasteiger partial charge < -0.3 is 14.5 Å². The highest BCUT2D eigenvalue weighted by atomic mass is 35.5. The van der Waals surface area contributed by atoms with E-state index < -0.39 is 10.8 Å². The zero-order valence-electron chi connectivity index (χ0n) is 13.2. The van der Waals surface area contributed by atoms with Crippen molar-refractivity contribution in [2.24, 2.45) is 0 Å². The maximum absolute atomic E-state index is 12.9. The molecule has 1 aromatic heterocycles. The van der Waals surface area contributed by atoms with Gasteiger partial charge in [-0.15, -0.1) is 12.4 Å². The molecular formula is C18H18ClNO3S. The van der Waals surface area contributed by atoms with Gasteiger partial charge in [0.25, 0.3) is 0 Å². The van der Waals surface area contributed by atoms with Crippen molar-refractivity contribution in [1.29, 1.82) is 0 Å². The lowest BCUT2D eigenvalue weighted by Crippen LogP contribution is -2.22. The maximum atomic E-state index is 12.9. The van der Waals surface area contributed by atoms with Gasteiger partial charge in [0.1, 0.15) is 5.76 Å². The van der Waals surface area contributed by atoms with Crippen LogP contribution in [0.2, 0.25) is 0 Å². The van der Waals surface area contributed by atoms with Crippen LogP contribution in [0.15, 0.2) is 56.7 Å². The van der Waals surface area contributed by atoms with Crippen LogP contribution in [0.3, 0.4) is 0 Å². The summed E-state index contributed by atoms with van der Waals surface area (Å²) in [6.07, 6.45) is 0.865. The van der Waals surface area contributed by atoms with Crippen molar-refractivity contribution >= 4 is 34.2 Å². The molecule has 24 heavy (non-hydrogen) atoms. The minimum Gasteiger partial charge on any atom is -0.493 e. The molecule has 1 N–H and O–H groups in total. The van der Waals surface area contributed by atoms with Crippen molar-refractivity contribution in [3.63, 3.8) is 0 Å². The van der Waals surface area contributed by atoms with E-state index in [1.54, 1.807) is 7.11 Å². The normalized spacial score (nSPS) is 14.7. The number of rotatable bonds is 3. The molecule has 0 fully saturated rings. The van der Waals surface area contributed by atoms with E-state index in [9.17, 15) is 4.21 Å². The van der Waals surface area contributed by atoms with E-state index in [2.05, 4.69) is 5.32 Å². The SMILES string of the molecule is COc1cc(S(=O)c2ccccc2)cc2c3c(oc12)CCNC3.Cl. The molecule has 2 aromatic carbocycles. The van der Waals surface area contributed by atoms with Crippen LogP contribution in [0.1, 0.15) is 11.3 Å². The zero-order chi connectivity index (χ0) is 15.8. The number of benzene rings is 2. The topological polar surface area (TPSA) is 51.5 Å². The second kappa shape index (κ2) is 6.97. The molecule has 3 aromatic rings. The number of furan rings is 1. The molecule has 1 aliphatic heterocycles. The first-order chi connectivity index (χ1) is 11.3. The molecule has 4 nitrogen and oxygen atoms in total. The summed E-state index contributed by atoms with van der Waals surface area (Å²) in [5.74, 6) is 1.64. The fourth-order valence-corrected chi connectivity index (χ4v) is 4.11. The smallest absolute Gasteiger partial charge is 0.176 e. The van der Waals surface area contributed by atoms with Crippen LogP contribution in [-0.4, -0.2) is 17.9 Å². The quantitative estimate of drug-likeness (QED) is 0.771. The molecule has 126 valence electrons. The van der Waals surface area contributed by atoms with Gasteiger partial charge in [-0.1, -0.05) is 18.2 Å². The van der Waals surface area contributed by atoms with Crippen molar-refractivity contribution in [1.82, 2.24) is 5.32 Å². The Balaban J connectivity index is 0.00000169. The number of fused-ring (bicyclic) bond motifs is 3. The lowest BCUT2D eigenvalue weighted by atomic mass is 10.1. The fraction of sp³-hybridized carbons (Fsp3) is 0.222. The number of halogens is 1. The number of hydrogen-bond acceptors (Lipinski definition) is 4. The second-order valence-electron chi connectivity index (χ2n) is 5.51. The van der Waals surface area contributed by atoms with Gasteiger partial charge in [0.05, 0.1) is 17.9 Å². The highest BCUT2D eigenvalue weighted by molar-refractivity contribution is 7.85. The van der Waals surface area contributed by atoms with Crippen LogP contribution < -0.4 is 10.1 Å². The molecule has 1 atom stereocenters. The fourth-order valence-electron chi connectivity index (χ4n) is 2.99. The number of hydrogen-bond donors (Lipinski definition) is 1. The molecule has 0 saturated heterocycles. The summed E-state index contributed by atoms with van der Waals surface area (Å²) >= 11 is 0. The van der Waals surface area contributed by atoms with E-state index in [-0.39, 0.29) is 12.4 Å². The molecule has 0 aliphatic carbocycles. The lowest BCUT2D eigenvalue weighted by molar-refractivity contribution is 0.405. The van der Waals surface area contributed by atoms with Gasteiger partial charge in [0.15, 0.2) is 11.3 Å². The largest absolute Gasteiger partial charge is 0.493 e. The predicted molar refractivity (Wildman–Crippen MR) is 96.5 cm³/mol. The van der Waals surface area contributed by atoms with Gasteiger partial charge in [-0.2, -0.15) is 0 Å². The minimum atomic E-state index is -1.24. The third-order valence-corrected chi connectivity index (χ3v) is 5.50. The molecule has 6 heteroatoms. The van der Waals surface area contributed by atoms with Crippen molar-refractivity contribution in [2.45, 2.75) is 22.8 Å². The Bertz CT molecular complexity index is 892. The first-order valence-corrected chi connectivity index (χ1v) is 8.72. The Labute approximate surface area is 149 Å². The van der Waals surface area contributed by atoms with E-state index in [4.69, 9.17) is 9.15 Å². The third kappa shape index (κ3) is 2.83. The Morgan fingerprint density at radius 3 is 2.71 bits per heavy atom. The van der Waals surface area contributed by atoms with E-state index in [1.807, 2.05) is 42.5 Å². The molecule has 0 bridgehead atoms. The number of methoxy groups -OCH3 is 1. The monoisotopic (exact) mass is 363 g/mol. The average Bonchev–Trinajstić information content (AvgIpc) is 2.99. The van der Waals surface area contributed by atoms with Crippen LogP contribution in [0.5, 0.6) is 5.75 Å². The van der Waals surface area contributed by atoms with Crippen LogP contribution >= 0.6 is 12.4 Å².